The van der Waals surface area contributed by atoms with E-state index in [0.29, 0.717) is 12.2 Å². The molecule has 2 radical (unpaired) electrons. The van der Waals surface area contributed by atoms with Gasteiger partial charge in [-0.25, -0.2) is 0 Å². The molecule has 0 spiro atoms. The number of nitrogens with zero attached hydrogens (tertiary/aromatic N) is 1. The van der Waals surface area contributed by atoms with Crippen molar-refractivity contribution in [3.8, 4) is 5.75 Å². The van der Waals surface area contributed by atoms with Gasteiger partial charge in [-0.2, -0.15) is 0 Å². The molecule has 2 aromatic rings. The van der Waals surface area contributed by atoms with Gasteiger partial charge in [0.05, 0.1) is 0 Å². The number of carbonyl (C=O) groups excluding carboxylic acids is 1. The van der Waals surface area contributed by atoms with E-state index in [1.807, 2.05) is 24.3 Å². The standard InChI is InChI=1S/C17H19NO2.Al/c19-15(9-7-12-4-1-2-5-12)13-8-10-16(20)17-14(13)6-3-11-18-17;/h3,6,8,10-12,20H,1-2,4-5,7,9H2;/q;+1/p-1. The van der Waals surface area contributed by atoms with Crippen LogP contribution in [0, 0.1) is 5.92 Å². The SMILES string of the molecule is O=C(CCC1CCCC1)c1ccc([O][Al])c2ncccc12. The van der Waals surface area contributed by atoms with Gasteiger partial charge in [-0.15, -0.1) is 0 Å². The Balaban J connectivity index is 1.84. The first-order chi connectivity index (χ1) is 10.3. The van der Waals surface area contributed by atoms with Gasteiger partial charge in [0.25, 0.3) is 0 Å². The van der Waals surface area contributed by atoms with Crippen molar-refractivity contribution in [3.05, 3.63) is 36.0 Å². The lowest BCUT2D eigenvalue weighted by Crippen LogP contribution is -2.04. The van der Waals surface area contributed by atoms with Gasteiger partial charge in [0.2, 0.25) is 0 Å². The van der Waals surface area contributed by atoms with Crippen molar-refractivity contribution in [2.45, 2.75) is 38.5 Å². The van der Waals surface area contributed by atoms with E-state index in [1.54, 1.807) is 6.20 Å². The van der Waals surface area contributed by atoms with E-state index < -0.39 is 0 Å². The Kier molecular flexibility index (Phi) is 4.58. The maximum Gasteiger partial charge on any atom is 0.482 e. The van der Waals surface area contributed by atoms with E-state index >= 15 is 0 Å². The first kappa shape index (κ1) is 14.6. The lowest BCUT2D eigenvalue weighted by Gasteiger charge is -2.11. The summed E-state index contributed by atoms with van der Waals surface area (Å²) in [6.07, 6.45) is 8.60. The van der Waals surface area contributed by atoms with Crippen LogP contribution in [-0.2, 0) is 0 Å². The van der Waals surface area contributed by atoms with Crippen molar-refractivity contribution >= 4 is 33.3 Å². The molecule has 1 aromatic carbocycles. The van der Waals surface area contributed by atoms with Crippen LogP contribution in [0.2, 0.25) is 0 Å². The third-order valence-electron chi connectivity index (χ3n) is 4.41. The van der Waals surface area contributed by atoms with Crippen molar-refractivity contribution in [2.24, 2.45) is 5.92 Å². The Hall–Kier alpha value is -1.37. The molecule has 0 amide bonds. The van der Waals surface area contributed by atoms with E-state index in [4.69, 9.17) is 3.79 Å². The van der Waals surface area contributed by atoms with Crippen LogP contribution < -0.4 is 3.79 Å². The number of pyridine rings is 1. The second kappa shape index (κ2) is 6.60. The summed E-state index contributed by atoms with van der Waals surface area (Å²) in [4.78, 5) is 16.9. The summed E-state index contributed by atoms with van der Waals surface area (Å²) in [5.41, 5.74) is 1.51. The molecule has 4 heteroatoms. The van der Waals surface area contributed by atoms with Gasteiger partial charge in [0.1, 0.15) is 11.3 Å². The molecule has 0 bridgehead atoms. The van der Waals surface area contributed by atoms with Crippen molar-refractivity contribution in [1.29, 1.82) is 0 Å². The Bertz CT molecular complexity index is 650. The van der Waals surface area contributed by atoms with E-state index in [2.05, 4.69) is 21.6 Å². The minimum atomic E-state index is 0.218. The van der Waals surface area contributed by atoms with Gasteiger partial charge >= 0.3 is 16.6 Å². The number of hydrogen-bond donors (Lipinski definition) is 0. The van der Waals surface area contributed by atoms with Crippen LogP contribution in [0.15, 0.2) is 30.5 Å². The molecule has 21 heavy (non-hydrogen) atoms. The second-order valence-corrected chi connectivity index (χ2v) is 5.98. The Morgan fingerprint density at radius 3 is 2.86 bits per heavy atom. The molecule has 0 atom stereocenters. The number of benzene rings is 1. The number of fused-ring (bicyclic) bond motifs is 1. The summed E-state index contributed by atoms with van der Waals surface area (Å²) in [5.74, 6) is 1.64. The molecule has 0 aliphatic heterocycles. The van der Waals surface area contributed by atoms with Gasteiger partial charge < -0.3 is 3.79 Å². The average Bonchev–Trinajstić information content (AvgIpc) is 3.05. The normalized spacial score (nSPS) is 15.4. The third kappa shape index (κ3) is 3.12. The molecule has 1 aromatic heterocycles. The largest absolute Gasteiger partial charge is 0.652 e. The van der Waals surface area contributed by atoms with Gasteiger partial charge in [-0.3, -0.25) is 9.78 Å². The summed E-state index contributed by atoms with van der Waals surface area (Å²) in [7, 11) is 0. The van der Waals surface area contributed by atoms with Crippen LogP contribution in [-0.4, -0.2) is 27.4 Å². The molecular formula is C17H18AlNO2. The zero-order valence-corrected chi connectivity index (χ0v) is 13.2. The van der Waals surface area contributed by atoms with Crippen LogP contribution in [0.3, 0.4) is 0 Å². The van der Waals surface area contributed by atoms with Crippen molar-refractivity contribution in [2.75, 3.05) is 0 Å². The summed E-state index contributed by atoms with van der Waals surface area (Å²) in [6, 6.07) is 7.49. The molecule has 0 N–H and O–H groups in total. The predicted octanol–water partition coefficient (Wildman–Crippen LogP) is 3.85. The van der Waals surface area contributed by atoms with Crippen molar-refractivity contribution in [1.82, 2.24) is 4.98 Å². The molecule has 0 saturated heterocycles. The monoisotopic (exact) mass is 295 g/mol. The van der Waals surface area contributed by atoms with E-state index in [-0.39, 0.29) is 5.78 Å². The van der Waals surface area contributed by atoms with Gasteiger partial charge in [0, 0.05) is 23.6 Å². The lowest BCUT2D eigenvalue weighted by molar-refractivity contribution is 0.0975. The maximum absolute atomic E-state index is 12.5. The third-order valence-corrected chi connectivity index (χ3v) is 4.67. The molecule has 1 aliphatic rings. The number of carbonyl (C=O) groups is 1. The fourth-order valence-electron chi connectivity index (χ4n) is 3.25. The van der Waals surface area contributed by atoms with E-state index in [0.717, 1.165) is 28.8 Å². The van der Waals surface area contributed by atoms with Crippen molar-refractivity contribution in [3.63, 3.8) is 0 Å². The minimum Gasteiger partial charge on any atom is -0.652 e. The van der Waals surface area contributed by atoms with Crippen LogP contribution in [0.1, 0.15) is 48.9 Å². The fourth-order valence-corrected chi connectivity index (χ4v) is 3.44. The van der Waals surface area contributed by atoms with Crippen LogP contribution in [0.25, 0.3) is 10.9 Å². The highest BCUT2D eigenvalue weighted by Gasteiger charge is 2.18. The Morgan fingerprint density at radius 1 is 1.29 bits per heavy atom. The zero-order valence-electron chi connectivity index (χ0n) is 12.0. The van der Waals surface area contributed by atoms with Crippen LogP contribution in [0.4, 0.5) is 0 Å². The number of aromatic nitrogens is 1. The number of Topliss-reactive ketones (excluding diaryl/α,β-unsaturated/α-hetero) is 1. The highest BCUT2D eigenvalue weighted by atomic mass is 27.1. The zero-order chi connectivity index (χ0) is 14.7. The summed E-state index contributed by atoms with van der Waals surface area (Å²) in [6.45, 7) is 0. The molecule has 1 aliphatic carbocycles. The lowest BCUT2D eigenvalue weighted by atomic mass is 9.95. The molecule has 106 valence electrons. The number of hydrogen-bond acceptors (Lipinski definition) is 3. The molecule has 0 unspecified atom stereocenters. The first-order valence-corrected chi connectivity index (χ1v) is 8.04. The van der Waals surface area contributed by atoms with Gasteiger partial charge in [0.15, 0.2) is 5.78 Å². The molecule has 1 heterocycles. The second-order valence-electron chi connectivity index (χ2n) is 5.74. The Morgan fingerprint density at radius 2 is 2.10 bits per heavy atom. The van der Waals surface area contributed by atoms with Crippen LogP contribution in [0.5, 0.6) is 5.75 Å². The average molecular weight is 295 g/mol. The smallest absolute Gasteiger partial charge is 0.482 e. The summed E-state index contributed by atoms with van der Waals surface area (Å²) < 4.78 is 5.25. The summed E-state index contributed by atoms with van der Waals surface area (Å²) in [5, 5.41) is 0.883. The molecule has 3 rings (SSSR count). The first-order valence-electron chi connectivity index (χ1n) is 7.57. The van der Waals surface area contributed by atoms with E-state index in [9.17, 15) is 4.79 Å². The predicted molar refractivity (Wildman–Crippen MR) is 83.6 cm³/mol. The quantitative estimate of drug-likeness (QED) is 0.621. The van der Waals surface area contributed by atoms with Crippen molar-refractivity contribution < 1.29 is 8.58 Å². The van der Waals surface area contributed by atoms with Gasteiger partial charge in [-0.1, -0.05) is 31.7 Å². The van der Waals surface area contributed by atoms with E-state index in [1.165, 1.54) is 25.7 Å². The topological polar surface area (TPSA) is 39.2 Å². The van der Waals surface area contributed by atoms with Crippen LogP contribution >= 0.6 is 0 Å². The van der Waals surface area contributed by atoms with Gasteiger partial charge in [-0.05, 0) is 30.5 Å². The highest BCUT2D eigenvalue weighted by molar-refractivity contribution is 6.09. The molecule has 1 fully saturated rings. The minimum absolute atomic E-state index is 0.218. The highest BCUT2D eigenvalue weighted by Crippen LogP contribution is 2.31. The Labute approximate surface area is 133 Å². The number of ketones is 1. The molecular weight excluding hydrogens is 277 g/mol. The number of rotatable bonds is 5. The molecule has 3 nitrogen and oxygen atoms in total. The molecule has 1 saturated carbocycles. The maximum atomic E-state index is 12.5. The fraction of sp³-hybridized carbons (Fsp3) is 0.412. The summed E-state index contributed by atoms with van der Waals surface area (Å²) >= 11 is 2.23.